The summed E-state index contributed by atoms with van der Waals surface area (Å²) < 4.78 is 0. The summed E-state index contributed by atoms with van der Waals surface area (Å²) in [5.74, 6) is 0.493. The van der Waals surface area contributed by atoms with Crippen molar-refractivity contribution in [2.45, 2.75) is 52.0 Å². The lowest BCUT2D eigenvalue weighted by molar-refractivity contribution is 0.0752. The number of nitrogen functional groups attached to an aromatic ring is 1. The number of aromatic nitrogens is 1. The Hall–Kier alpha value is -1.58. The second kappa shape index (κ2) is 4.83. The summed E-state index contributed by atoms with van der Waals surface area (Å²) >= 11 is 0. The van der Waals surface area contributed by atoms with E-state index in [1.54, 1.807) is 6.07 Å². The average Bonchev–Trinajstić information content (AvgIpc) is 3.12. The summed E-state index contributed by atoms with van der Waals surface area (Å²) in [5.41, 5.74) is 7.26. The van der Waals surface area contributed by atoms with Crippen molar-refractivity contribution in [3.8, 4) is 0 Å². The van der Waals surface area contributed by atoms with E-state index >= 15 is 0 Å². The van der Waals surface area contributed by atoms with Gasteiger partial charge in [-0.15, -0.1) is 0 Å². The van der Waals surface area contributed by atoms with Gasteiger partial charge in [0, 0.05) is 29.3 Å². The number of rotatable bonds is 3. The lowest BCUT2D eigenvalue weighted by Gasteiger charge is -2.23. The number of pyridine rings is 1. The van der Waals surface area contributed by atoms with Crippen LogP contribution in [0.3, 0.4) is 0 Å². The topological polar surface area (TPSA) is 59.2 Å². The third kappa shape index (κ3) is 3.06. The van der Waals surface area contributed by atoms with Crippen molar-refractivity contribution in [3.05, 3.63) is 23.4 Å². The molecule has 1 aliphatic carbocycles. The van der Waals surface area contributed by atoms with Crippen molar-refractivity contribution in [2.75, 3.05) is 12.3 Å². The smallest absolute Gasteiger partial charge is 0.254 e. The summed E-state index contributed by atoms with van der Waals surface area (Å²) in [5, 5.41) is 0. The number of amides is 1. The molecule has 4 heteroatoms. The summed E-state index contributed by atoms with van der Waals surface area (Å²) in [7, 11) is 0. The molecule has 1 aromatic heterocycles. The van der Waals surface area contributed by atoms with Gasteiger partial charge in [0.2, 0.25) is 0 Å². The largest absolute Gasteiger partial charge is 0.384 e. The van der Waals surface area contributed by atoms with Gasteiger partial charge in [-0.05, 0) is 31.9 Å². The highest BCUT2D eigenvalue weighted by Crippen LogP contribution is 2.29. The normalized spacial score (nSPS) is 15.4. The van der Waals surface area contributed by atoms with Gasteiger partial charge in [-0.1, -0.05) is 20.8 Å². The molecule has 0 atom stereocenters. The molecule has 2 rings (SSSR count). The van der Waals surface area contributed by atoms with E-state index in [1.165, 1.54) is 0 Å². The fourth-order valence-corrected chi connectivity index (χ4v) is 2.18. The van der Waals surface area contributed by atoms with Gasteiger partial charge in [0.15, 0.2) is 0 Å². The Morgan fingerprint density at radius 3 is 2.53 bits per heavy atom. The maximum atomic E-state index is 12.5. The van der Waals surface area contributed by atoms with Crippen LogP contribution in [-0.2, 0) is 5.41 Å². The third-order valence-electron chi connectivity index (χ3n) is 3.45. The first-order chi connectivity index (χ1) is 8.82. The monoisotopic (exact) mass is 261 g/mol. The second-order valence-corrected chi connectivity index (χ2v) is 6.24. The van der Waals surface area contributed by atoms with E-state index in [0.29, 0.717) is 17.4 Å². The van der Waals surface area contributed by atoms with E-state index in [0.717, 1.165) is 25.1 Å². The Morgan fingerprint density at radius 1 is 1.42 bits per heavy atom. The van der Waals surface area contributed by atoms with E-state index < -0.39 is 0 Å². The van der Waals surface area contributed by atoms with Gasteiger partial charge in [-0.25, -0.2) is 4.98 Å². The molecule has 1 fully saturated rings. The molecule has 1 heterocycles. The van der Waals surface area contributed by atoms with Gasteiger partial charge >= 0.3 is 0 Å². The first kappa shape index (κ1) is 13.8. The fourth-order valence-electron chi connectivity index (χ4n) is 2.18. The SMILES string of the molecule is CCN(C(=O)c1cc(N)nc(C(C)(C)C)c1)C1CC1. The number of hydrogen-bond acceptors (Lipinski definition) is 3. The molecule has 0 radical (unpaired) electrons. The van der Waals surface area contributed by atoms with Crippen molar-refractivity contribution in [2.24, 2.45) is 0 Å². The highest BCUT2D eigenvalue weighted by atomic mass is 16.2. The van der Waals surface area contributed by atoms with E-state index in [2.05, 4.69) is 25.8 Å². The molecule has 0 aromatic carbocycles. The van der Waals surface area contributed by atoms with Crippen LogP contribution in [-0.4, -0.2) is 28.4 Å². The molecule has 0 saturated heterocycles. The maximum Gasteiger partial charge on any atom is 0.254 e. The Bertz CT molecular complexity index is 487. The van der Waals surface area contributed by atoms with Crippen LogP contribution >= 0.6 is 0 Å². The summed E-state index contributed by atoms with van der Waals surface area (Å²) in [6, 6.07) is 3.98. The van der Waals surface area contributed by atoms with Crippen LogP contribution in [0.1, 0.15) is 56.6 Å². The van der Waals surface area contributed by atoms with Crippen LogP contribution in [0.5, 0.6) is 0 Å². The molecule has 0 spiro atoms. The first-order valence-corrected chi connectivity index (χ1v) is 6.92. The van der Waals surface area contributed by atoms with Gasteiger partial charge in [0.25, 0.3) is 5.91 Å². The third-order valence-corrected chi connectivity index (χ3v) is 3.45. The zero-order valence-electron chi connectivity index (χ0n) is 12.2. The van der Waals surface area contributed by atoms with Crippen LogP contribution < -0.4 is 5.73 Å². The van der Waals surface area contributed by atoms with Crippen LogP contribution in [0.15, 0.2) is 12.1 Å². The van der Waals surface area contributed by atoms with Crippen molar-refractivity contribution in [1.29, 1.82) is 0 Å². The Kier molecular flexibility index (Phi) is 3.52. The van der Waals surface area contributed by atoms with E-state index in [9.17, 15) is 4.79 Å². The van der Waals surface area contributed by atoms with Crippen LogP contribution in [0.2, 0.25) is 0 Å². The van der Waals surface area contributed by atoms with E-state index in [-0.39, 0.29) is 11.3 Å². The van der Waals surface area contributed by atoms with Gasteiger partial charge in [-0.3, -0.25) is 4.79 Å². The van der Waals surface area contributed by atoms with Crippen molar-refractivity contribution < 1.29 is 4.79 Å². The molecule has 1 aliphatic rings. The summed E-state index contributed by atoms with van der Waals surface area (Å²) in [6.45, 7) is 8.98. The molecular weight excluding hydrogens is 238 g/mol. The molecule has 0 aliphatic heterocycles. The Balaban J connectivity index is 2.33. The molecule has 2 N–H and O–H groups in total. The van der Waals surface area contributed by atoms with Gasteiger partial charge < -0.3 is 10.6 Å². The van der Waals surface area contributed by atoms with E-state index in [4.69, 9.17) is 5.73 Å². The molecule has 1 amide bonds. The average molecular weight is 261 g/mol. The van der Waals surface area contributed by atoms with Crippen molar-refractivity contribution >= 4 is 11.7 Å². The fraction of sp³-hybridized carbons (Fsp3) is 0.600. The molecule has 4 nitrogen and oxygen atoms in total. The van der Waals surface area contributed by atoms with Gasteiger partial charge in [0.05, 0.1) is 0 Å². The number of hydrogen-bond donors (Lipinski definition) is 1. The minimum atomic E-state index is -0.110. The highest BCUT2D eigenvalue weighted by molar-refractivity contribution is 5.95. The number of nitrogens with two attached hydrogens (primary N) is 1. The summed E-state index contributed by atoms with van der Waals surface area (Å²) in [6.07, 6.45) is 2.23. The molecule has 0 unspecified atom stereocenters. The van der Waals surface area contributed by atoms with Crippen molar-refractivity contribution in [3.63, 3.8) is 0 Å². The lowest BCUT2D eigenvalue weighted by atomic mass is 9.90. The van der Waals surface area contributed by atoms with Gasteiger partial charge in [-0.2, -0.15) is 0 Å². The highest BCUT2D eigenvalue weighted by Gasteiger charge is 2.32. The first-order valence-electron chi connectivity index (χ1n) is 6.92. The molecule has 19 heavy (non-hydrogen) atoms. The standard InChI is InChI=1S/C15H23N3O/c1-5-18(11-6-7-11)14(19)10-8-12(15(2,3)4)17-13(16)9-10/h8-9,11H,5-7H2,1-4H3,(H2,16,17). The quantitative estimate of drug-likeness (QED) is 0.909. The van der Waals surface area contributed by atoms with Crippen LogP contribution in [0.25, 0.3) is 0 Å². The minimum Gasteiger partial charge on any atom is -0.384 e. The predicted octanol–water partition coefficient (Wildman–Crippen LogP) is 2.59. The lowest BCUT2D eigenvalue weighted by Crippen LogP contribution is -2.33. The number of nitrogens with zero attached hydrogens (tertiary/aromatic N) is 2. The molecular formula is C15H23N3O. The van der Waals surface area contributed by atoms with Crippen LogP contribution in [0, 0.1) is 0 Å². The Labute approximate surface area is 115 Å². The van der Waals surface area contributed by atoms with Crippen molar-refractivity contribution in [1.82, 2.24) is 9.88 Å². The Morgan fingerprint density at radius 2 is 2.05 bits per heavy atom. The second-order valence-electron chi connectivity index (χ2n) is 6.24. The predicted molar refractivity (Wildman–Crippen MR) is 77.1 cm³/mol. The molecule has 0 bridgehead atoms. The van der Waals surface area contributed by atoms with Gasteiger partial charge in [0.1, 0.15) is 5.82 Å². The number of carbonyl (C=O) groups is 1. The number of anilines is 1. The van der Waals surface area contributed by atoms with Crippen LogP contribution in [0.4, 0.5) is 5.82 Å². The molecule has 1 saturated carbocycles. The zero-order valence-corrected chi connectivity index (χ0v) is 12.2. The molecule has 104 valence electrons. The zero-order chi connectivity index (χ0) is 14.2. The molecule has 1 aromatic rings. The maximum absolute atomic E-state index is 12.5. The van der Waals surface area contributed by atoms with E-state index in [1.807, 2.05) is 17.9 Å². The number of carbonyl (C=O) groups excluding carboxylic acids is 1. The summed E-state index contributed by atoms with van der Waals surface area (Å²) in [4.78, 5) is 18.8. The minimum absolute atomic E-state index is 0.0737.